The quantitative estimate of drug-likeness (QED) is 0.479. The molecule has 1 heterocycles. The van der Waals surface area contributed by atoms with E-state index >= 15 is 0 Å². The summed E-state index contributed by atoms with van der Waals surface area (Å²) in [7, 11) is 1.33. The van der Waals surface area contributed by atoms with Crippen LogP contribution < -0.4 is 4.74 Å². The molecule has 2 aromatic rings. The van der Waals surface area contributed by atoms with E-state index in [2.05, 4.69) is 9.72 Å². The zero-order chi connectivity index (χ0) is 16.1. The first-order chi connectivity index (χ1) is 10.5. The topological polar surface area (TPSA) is 91.6 Å². The van der Waals surface area contributed by atoms with Gasteiger partial charge < -0.3 is 9.47 Å². The molecule has 0 bridgehead atoms. The smallest absolute Gasteiger partial charge is 0.309 e. The van der Waals surface area contributed by atoms with E-state index in [0.717, 1.165) is 11.8 Å². The van der Waals surface area contributed by atoms with Crippen LogP contribution in [0.5, 0.6) is 11.6 Å². The van der Waals surface area contributed by atoms with Crippen molar-refractivity contribution >= 4 is 11.7 Å². The molecule has 7 heteroatoms. The van der Waals surface area contributed by atoms with E-state index in [1.807, 2.05) is 0 Å². The molecule has 0 amide bonds. The van der Waals surface area contributed by atoms with Crippen LogP contribution in [0.3, 0.4) is 0 Å². The SMILES string of the molecule is COC(=O)Cc1cccc(Oc2cc(C)c([N+](=O)[O-])cn2)c1. The van der Waals surface area contributed by atoms with E-state index in [1.165, 1.54) is 13.2 Å². The number of carbonyl (C=O) groups excluding carboxylic acids is 1. The molecule has 0 spiro atoms. The predicted octanol–water partition coefficient (Wildman–Crippen LogP) is 2.81. The molecule has 7 nitrogen and oxygen atoms in total. The molecule has 0 saturated heterocycles. The number of esters is 1. The van der Waals surface area contributed by atoms with Crippen molar-refractivity contribution in [2.75, 3.05) is 7.11 Å². The van der Waals surface area contributed by atoms with Gasteiger partial charge in [0, 0.05) is 11.6 Å². The number of hydrogen-bond donors (Lipinski definition) is 0. The van der Waals surface area contributed by atoms with Crippen LogP contribution in [0.15, 0.2) is 36.5 Å². The van der Waals surface area contributed by atoms with E-state index in [4.69, 9.17) is 4.74 Å². The van der Waals surface area contributed by atoms with Crippen molar-refractivity contribution in [3.8, 4) is 11.6 Å². The van der Waals surface area contributed by atoms with Crippen LogP contribution in [0.25, 0.3) is 0 Å². The van der Waals surface area contributed by atoms with Crippen molar-refractivity contribution in [3.05, 3.63) is 57.8 Å². The lowest BCUT2D eigenvalue weighted by Crippen LogP contribution is -2.04. The summed E-state index contributed by atoms with van der Waals surface area (Å²) < 4.78 is 10.2. The van der Waals surface area contributed by atoms with E-state index in [9.17, 15) is 14.9 Å². The fraction of sp³-hybridized carbons (Fsp3) is 0.200. The van der Waals surface area contributed by atoms with Gasteiger partial charge in [-0.25, -0.2) is 4.98 Å². The number of pyridine rings is 1. The summed E-state index contributed by atoms with van der Waals surface area (Å²) in [5.74, 6) is 0.391. The van der Waals surface area contributed by atoms with Gasteiger partial charge in [0.15, 0.2) is 0 Å². The number of ether oxygens (including phenoxy) is 2. The van der Waals surface area contributed by atoms with Gasteiger partial charge in [0.05, 0.1) is 18.5 Å². The van der Waals surface area contributed by atoms with Crippen LogP contribution in [0.1, 0.15) is 11.1 Å². The molecule has 0 aliphatic rings. The van der Waals surface area contributed by atoms with Crippen LogP contribution in [-0.4, -0.2) is 23.0 Å². The number of aromatic nitrogens is 1. The second-order valence-corrected chi connectivity index (χ2v) is 4.57. The number of carbonyl (C=O) groups is 1. The lowest BCUT2D eigenvalue weighted by molar-refractivity contribution is -0.385. The molecule has 22 heavy (non-hydrogen) atoms. The van der Waals surface area contributed by atoms with Gasteiger partial charge in [-0.1, -0.05) is 12.1 Å². The highest BCUT2D eigenvalue weighted by Gasteiger charge is 2.12. The van der Waals surface area contributed by atoms with Gasteiger partial charge in [-0.05, 0) is 24.6 Å². The Labute approximate surface area is 126 Å². The summed E-state index contributed by atoms with van der Waals surface area (Å²) in [5, 5.41) is 10.7. The van der Waals surface area contributed by atoms with Crippen molar-refractivity contribution in [3.63, 3.8) is 0 Å². The molecule has 114 valence electrons. The summed E-state index contributed by atoms with van der Waals surface area (Å²) in [4.78, 5) is 25.4. The Bertz CT molecular complexity index is 715. The molecule has 0 unspecified atom stereocenters. The van der Waals surface area contributed by atoms with E-state index in [0.29, 0.717) is 11.3 Å². The van der Waals surface area contributed by atoms with Gasteiger partial charge >= 0.3 is 5.97 Å². The first kappa shape index (κ1) is 15.4. The van der Waals surface area contributed by atoms with Gasteiger partial charge in [-0.15, -0.1) is 0 Å². The van der Waals surface area contributed by atoms with Crippen LogP contribution in [0.4, 0.5) is 5.69 Å². The highest BCUT2D eigenvalue weighted by molar-refractivity contribution is 5.72. The second kappa shape index (κ2) is 6.66. The largest absolute Gasteiger partial charge is 0.469 e. The first-order valence-corrected chi connectivity index (χ1v) is 6.44. The number of benzene rings is 1. The van der Waals surface area contributed by atoms with Gasteiger partial charge in [0.25, 0.3) is 5.69 Å². The van der Waals surface area contributed by atoms with Gasteiger partial charge in [0.1, 0.15) is 11.9 Å². The molecule has 0 aliphatic carbocycles. The number of methoxy groups -OCH3 is 1. The number of nitro groups is 1. The zero-order valence-electron chi connectivity index (χ0n) is 12.1. The molecule has 0 fully saturated rings. The predicted molar refractivity (Wildman–Crippen MR) is 77.9 cm³/mol. The number of aryl methyl sites for hydroxylation is 1. The number of hydrogen-bond acceptors (Lipinski definition) is 6. The Balaban J connectivity index is 2.17. The highest BCUT2D eigenvalue weighted by Crippen LogP contribution is 2.25. The average molecular weight is 302 g/mol. The minimum Gasteiger partial charge on any atom is -0.469 e. The standard InChI is InChI=1S/C15H14N2O5/c1-10-6-14(16-9-13(10)17(19)20)22-12-5-3-4-11(7-12)8-15(18)21-2/h3-7,9H,8H2,1-2H3. The summed E-state index contributed by atoms with van der Waals surface area (Å²) in [6.07, 6.45) is 1.30. The average Bonchev–Trinajstić information content (AvgIpc) is 2.47. The van der Waals surface area contributed by atoms with E-state index in [1.54, 1.807) is 31.2 Å². The maximum absolute atomic E-state index is 11.3. The van der Waals surface area contributed by atoms with Crippen molar-refractivity contribution in [2.45, 2.75) is 13.3 Å². The van der Waals surface area contributed by atoms with E-state index < -0.39 is 4.92 Å². The summed E-state index contributed by atoms with van der Waals surface area (Å²) >= 11 is 0. The lowest BCUT2D eigenvalue weighted by atomic mass is 10.1. The summed E-state index contributed by atoms with van der Waals surface area (Å²) in [6.45, 7) is 1.61. The minimum absolute atomic E-state index is 0.0632. The van der Waals surface area contributed by atoms with Gasteiger partial charge in [-0.2, -0.15) is 0 Å². The van der Waals surface area contributed by atoms with Crippen LogP contribution in [0, 0.1) is 17.0 Å². The molecule has 0 radical (unpaired) electrons. The Hall–Kier alpha value is -2.96. The van der Waals surface area contributed by atoms with Crippen LogP contribution in [-0.2, 0) is 16.0 Å². The molecule has 1 aromatic heterocycles. The Kier molecular flexibility index (Phi) is 4.67. The first-order valence-electron chi connectivity index (χ1n) is 6.44. The normalized spacial score (nSPS) is 10.1. The van der Waals surface area contributed by atoms with Gasteiger partial charge in [0.2, 0.25) is 5.88 Å². The summed E-state index contributed by atoms with van der Waals surface area (Å²) in [5.41, 5.74) is 1.13. The second-order valence-electron chi connectivity index (χ2n) is 4.57. The molecule has 0 atom stereocenters. The fourth-order valence-electron chi connectivity index (χ4n) is 1.85. The molecule has 1 aromatic carbocycles. The molecular formula is C15H14N2O5. The van der Waals surface area contributed by atoms with Crippen molar-refractivity contribution in [1.82, 2.24) is 4.98 Å². The zero-order valence-corrected chi connectivity index (χ0v) is 12.1. The van der Waals surface area contributed by atoms with Gasteiger partial charge in [-0.3, -0.25) is 14.9 Å². The Morgan fingerprint density at radius 3 is 2.77 bits per heavy atom. The Morgan fingerprint density at radius 1 is 1.36 bits per heavy atom. The molecule has 0 aliphatic heterocycles. The maximum atomic E-state index is 11.3. The third kappa shape index (κ3) is 3.78. The number of rotatable bonds is 5. The number of nitrogens with zero attached hydrogens (tertiary/aromatic N) is 2. The monoisotopic (exact) mass is 302 g/mol. The third-order valence-corrected chi connectivity index (χ3v) is 2.95. The third-order valence-electron chi connectivity index (χ3n) is 2.95. The van der Waals surface area contributed by atoms with Crippen molar-refractivity contribution < 1.29 is 19.2 Å². The summed E-state index contributed by atoms with van der Waals surface area (Å²) in [6, 6.07) is 8.41. The van der Waals surface area contributed by atoms with Crippen molar-refractivity contribution in [1.29, 1.82) is 0 Å². The fourth-order valence-corrected chi connectivity index (χ4v) is 1.85. The molecule has 0 saturated carbocycles. The molecule has 2 rings (SSSR count). The minimum atomic E-state index is -0.497. The van der Waals surface area contributed by atoms with Crippen molar-refractivity contribution in [2.24, 2.45) is 0 Å². The molecule has 0 N–H and O–H groups in total. The lowest BCUT2D eigenvalue weighted by Gasteiger charge is -2.07. The van der Waals surface area contributed by atoms with Crippen LogP contribution >= 0.6 is 0 Å². The van der Waals surface area contributed by atoms with E-state index in [-0.39, 0.29) is 24.0 Å². The maximum Gasteiger partial charge on any atom is 0.309 e. The highest BCUT2D eigenvalue weighted by atomic mass is 16.6. The molecular weight excluding hydrogens is 288 g/mol. The Morgan fingerprint density at radius 2 is 2.14 bits per heavy atom. The van der Waals surface area contributed by atoms with Crippen LogP contribution in [0.2, 0.25) is 0 Å².